The van der Waals surface area contributed by atoms with Crippen molar-refractivity contribution in [2.45, 2.75) is 24.7 Å². The molecule has 4 aromatic rings. The van der Waals surface area contributed by atoms with Gasteiger partial charge in [-0.05, 0) is 23.1 Å². The Bertz CT molecular complexity index is 1210. The molecule has 1 aliphatic rings. The first-order chi connectivity index (χ1) is 15.8. The van der Waals surface area contributed by atoms with Crippen LogP contribution in [0.15, 0.2) is 90.1 Å². The second kappa shape index (κ2) is 9.40. The minimum Gasteiger partial charge on any atom is -0.337 e. The van der Waals surface area contributed by atoms with Crippen LogP contribution in [0.2, 0.25) is 0 Å². The molecular weight excluding hydrogens is 416 g/mol. The van der Waals surface area contributed by atoms with Crippen LogP contribution in [0.3, 0.4) is 0 Å². The van der Waals surface area contributed by atoms with E-state index in [9.17, 15) is 4.79 Å². The number of nitrogens with zero attached hydrogens (tertiary/aromatic N) is 4. The van der Waals surface area contributed by atoms with Gasteiger partial charge >= 0.3 is 0 Å². The van der Waals surface area contributed by atoms with Gasteiger partial charge < -0.3 is 4.90 Å². The summed E-state index contributed by atoms with van der Waals surface area (Å²) in [7, 11) is 0. The normalized spacial score (nSPS) is 13.1. The van der Waals surface area contributed by atoms with E-state index in [-0.39, 0.29) is 5.91 Å². The van der Waals surface area contributed by atoms with Crippen LogP contribution in [0.25, 0.3) is 11.4 Å². The molecule has 1 aromatic heterocycles. The predicted molar refractivity (Wildman–Crippen MR) is 127 cm³/mol. The molecule has 1 amide bonds. The first-order valence-electron chi connectivity index (χ1n) is 10.8. The van der Waals surface area contributed by atoms with Crippen molar-refractivity contribution in [1.82, 2.24) is 19.7 Å². The lowest BCUT2D eigenvalue weighted by molar-refractivity contribution is -0.129. The number of carbonyl (C=O) groups excluding carboxylic acids is 1. The lowest BCUT2D eigenvalue weighted by Gasteiger charge is -2.28. The molecule has 0 bridgehead atoms. The van der Waals surface area contributed by atoms with Crippen LogP contribution in [0.5, 0.6) is 0 Å². The van der Waals surface area contributed by atoms with Crippen molar-refractivity contribution in [3.8, 4) is 11.4 Å². The summed E-state index contributed by atoms with van der Waals surface area (Å²) in [5.41, 5.74) is 4.78. The van der Waals surface area contributed by atoms with E-state index < -0.39 is 0 Å². The van der Waals surface area contributed by atoms with Crippen molar-refractivity contribution in [1.29, 1.82) is 0 Å². The standard InChI is InChI=1S/C26H24N4OS/c31-24(29-16-15-21-11-7-8-14-23(21)18-29)19-32-26-28-27-25(22-12-5-2-6-13-22)30(26)17-20-9-3-1-4-10-20/h1-14H,15-19H2. The molecule has 6 heteroatoms. The Hall–Kier alpha value is -3.38. The Morgan fingerprint density at radius 2 is 1.53 bits per heavy atom. The molecule has 32 heavy (non-hydrogen) atoms. The highest BCUT2D eigenvalue weighted by Crippen LogP contribution is 2.26. The van der Waals surface area contributed by atoms with Crippen LogP contribution >= 0.6 is 11.8 Å². The fourth-order valence-corrected chi connectivity index (χ4v) is 4.87. The SMILES string of the molecule is O=C(CSc1nnc(-c2ccccc2)n1Cc1ccccc1)N1CCc2ccccc2C1. The smallest absolute Gasteiger partial charge is 0.233 e. The molecule has 1 aliphatic heterocycles. The maximum Gasteiger partial charge on any atom is 0.233 e. The van der Waals surface area contributed by atoms with E-state index in [1.54, 1.807) is 0 Å². The van der Waals surface area contributed by atoms with Crippen LogP contribution < -0.4 is 0 Å². The summed E-state index contributed by atoms with van der Waals surface area (Å²) in [5.74, 6) is 1.31. The van der Waals surface area contributed by atoms with Gasteiger partial charge in [-0.2, -0.15) is 0 Å². The number of amides is 1. The molecule has 0 N–H and O–H groups in total. The Morgan fingerprint density at radius 1 is 0.844 bits per heavy atom. The van der Waals surface area contributed by atoms with Crippen molar-refractivity contribution in [3.05, 3.63) is 102 Å². The third-order valence-electron chi connectivity index (χ3n) is 5.74. The summed E-state index contributed by atoms with van der Waals surface area (Å²) in [6.45, 7) is 2.11. The zero-order valence-electron chi connectivity index (χ0n) is 17.7. The summed E-state index contributed by atoms with van der Waals surface area (Å²) in [4.78, 5) is 14.9. The number of thioether (sulfide) groups is 1. The van der Waals surface area contributed by atoms with Crippen LogP contribution in [0.1, 0.15) is 16.7 Å². The molecule has 3 aromatic carbocycles. The number of aromatic nitrogens is 3. The van der Waals surface area contributed by atoms with E-state index in [4.69, 9.17) is 0 Å². The quantitative estimate of drug-likeness (QED) is 0.409. The minimum absolute atomic E-state index is 0.139. The molecule has 0 unspecified atom stereocenters. The highest BCUT2D eigenvalue weighted by atomic mass is 32.2. The second-order valence-electron chi connectivity index (χ2n) is 7.87. The third-order valence-corrected chi connectivity index (χ3v) is 6.69. The van der Waals surface area contributed by atoms with Crippen LogP contribution in [-0.2, 0) is 24.3 Å². The lowest BCUT2D eigenvalue weighted by atomic mass is 10.00. The van der Waals surface area contributed by atoms with Gasteiger partial charge in [-0.25, -0.2) is 0 Å². The molecule has 0 fully saturated rings. The van der Waals surface area contributed by atoms with Gasteiger partial charge in [0.1, 0.15) is 0 Å². The molecule has 160 valence electrons. The first kappa shape index (κ1) is 20.5. The molecule has 0 radical (unpaired) electrons. The minimum atomic E-state index is 0.139. The number of hydrogen-bond acceptors (Lipinski definition) is 4. The largest absolute Gasteiger partial charge is 0.337 e. The molecule has 0 spiro atoms. The molecular formula is C26H24N4OS. The summed E-state index contributed by atoms with van der Waals surface area (Å²) >= 11 is 1.46. The molecule has 0 aliphatic carbocycles. The fourth-order valence-electron chi connectivity index (χ4n) is 4.03. The number of benzene rings is 3. The predicted octanol–water partition coefficient (Wildman–Crippen LogP) is 4.67. The van der Waals surface area contributed by atoms with E-state index in [2.05, 4.69) is 45.1 Å². The monoisotopic (exact) mass is 440 g/mol. The lowest BCUT2D eigenvalue weighted by Crippen LogP contribution is -2.37. The first-order valence-corrected chi connectivity index (χ1v) is 11.8. The van der Waals surface area contributed by atoms with Gasteiger partial charge in [0.05, 0.1) is 12.3 Å². The zero-order valence-corrected chi connectivity index (χ0v) is 18.5. The maximum absolute atomic E-state index is 13.0. The Morgan fingerprint density at radius 3 is 2.31 bits per heavy atom. The average Bonchev–Trinajstić information content (AvgIpc) is 3.25. The number of hydrogen-bond donors (Lipinski definition) is 0. The summed E-state index contributed by atoms with van der Waals surface area (Å²) in [5, 5.41) is 9.68. The van der Waals surface area contributed by atoms with Gasteiger partial charge in [0.25, 0.3) is 0 Å². The summed E-state index contributed by atoms with van der Waals surface area (Å²) < 4.78 is 2.11. The number of carbonyl (C=O) groups is 1. The molecule has 2 heterocycles. The Labute approximate surface area is 192 Å². The van der Waals surface area contributed by atoms with Crippen molar-refractivity contribution >= 4 is 17.7 Å². The fraction of sp³-hybridized carbons (Fsp3) is 0.192. The molecule has 0 saturated carbocycles. The summed E-state index contributed by atoms with van der Waals surface area (Å²) in [6.07, 6.45) is 0.912. The van der Waals surface area contributed by atoms with Gasteiger partial charge in [-0.15, -0.1) is 10.2 Å². The van der Waals surface area contributed by atoms with Gasteiger partial charge in [0.15, 0.2) is 11.0 Å². The van der Waals surface area contributed by atoms with E-state index in [0.29, 0.717) is 18.8 Å². The Balaban J connectivity index is 1.34. The summed E-state index contributed by atoms with van der Waals surface area (Å²) in [6, 6.07) is 28.7. The highest BCUT2D eigenvalue weighted by Gasteiger charge is 2.22. The maximum atomic E-state index is 13.0. The molecule has 5 nitrogen and oxygen atoms in total. The topological polar surface area (TPSA) is 51.0 Å². The van der Waals surface area contributed by atoms with Crippen LogP contribution in [-0.4, -0.2) is 37.9 Å². The molecule has 0 saturated heterocycles. The van der Waals surface area contributed by atoms with Crippen LogP contribution in [0, 0.1) is 0 Å². The van der Waals surface area contributed by atoms with Gasteiger partial charge in [-0.1, -0.05) is 96.7 Å². The van der Waals surface area contributed by atoms with Crippen LogP contribution in [0.4, 0.5) is 0 Å². The highest BCUT2D eigenvalue weighted by molar-refractivity contribution is 7.99. The molecule has 0 atom stereocenters. The molecule has 5 rings (SSSR count). The van der Waals surface area contributed by atoms with Crippen molar-refractivity contribution in [2.24, 2.45) is 0 Å². The number of rotatable bonds is 6. The second-order valence-corrected chi connectivity index (χ2v) is 8.81. The van der Waals surface area contributed by atoms with Crippen molar-refractivity contribution < 1.29 is 4.79 Å². The van der Waals surface area contributed by atoms with Gasteiger partial charge in [0, 0.05) is 18.7 Å². The van der Waals surface area contributed by atoms with E-state index in [1.807, 2.05) is 59.5 Å². The van der Waals surface area contributed by atoms with E-state index in [1.165, 1.54) is 28.5 Å². The van der Waals surface area contributed by atoms with E-state index in [0.717, 1.165) is 29.5 Å². The van der Waals surface area contributed by atoms with Gasteiger partial charge in [-0.3, -0.25) is 9.36 Å². The van der Waals surface area contributed by atoms with Crippen molar-refractivity contribution in [2.75, 3.05) is 12.3 Å². The Kier molecular flexibility index (Phi) is 6.03. The van der Waals surface area contributed by atoms with Crippen molar-refractivity contribution in [3.63, 3.8) is 0 Å². The zero-order chi connectivity index (χ0) is 21.8. The number of fused-ring (bicyclic) bond motifs is 1. The average molecular weight is 441 g/mol. The van der Waals surface area contributed by atoms with E-state index >= 15 is 0 Å². The third kappa shape index (κ3) is 4.46. The van der Waals surface area contributed by atoms with Gasteiger partial charge in [0.2, 0.25) is 5.91 Å².